The minimum Gasteiger partial charge on any atom is -0.476 e. The van der Waals surface area contributed by atoms with E-state index in [4.69, 9.17) is 5.11 Å². The molecule has 5 nitrogen and oxygen atoms in total. The number of thioether (sulfide) groups is 1. The Bertz CT molecular complexity index is 563. The lowest BCUT2D eigenvalue weighted by Crippen LogP contribution is -2.03. The van der Waals surface area contributed by atoms with Gasteiger partial charge in [-0.1, -0.05) is 17.3 Å². The van der Waals surface area contributed by atoms with Gasteiger partial charge in [-0.05, 0) is 25.3 Å². The van der Waals surface area contributed by atoms with E-state index in [1.54, 1.807) is 16.4 Å². The van der Waals surface area contributed by atoms with Gasteiger partial charge in [0.15, 0.2) is 5.69 Å². The first-order valence-electron chi connectivity index (χ1n) is 5.48. The number of rotatable bonds is 4. The van der Waals surface area contributed by atoms with Crippen LogP contribution in [-0.4, -0.2) is 32.3 Å². The van der Waals surface area contributed by atoms with Gasteiger partial charge in [0.25, 0.3) is 0 Å². The molecule has 0 saturated carbocycles. The van der Waals surface area contributed by atoms with E-state index < -0.39 is 5.97 Å². The van der Waals surface area contributed by atoms with Crippen LogP contribution in [0.4, 0.5) is 0 Å². The van der Waals surface area contributed by atoms with Gasteiger partial charge in [-0.15, -0.1) is 16.9 Å². The van der Waals surface area contributed by atoms with Crippen LogP contribution >= 0.6 is 11.8 Å². The molecule has 2 aromatic rings. The van der Waals surface area contributed by atoms with Crippen molar-refractivity contribution in [1.29, 1.82) is 0 Å². The molecule has 6 heteroatoms. The molecule has 94 valence electrons. The standard InChI is InChI=1S/C12H13N3O2S/c1-3-15-11(10(12(16)17)13-14-15)8-4-6-9(18-2)7-5-8/h4-7H,3H2,1-2H3,(H,16,17). The average molecular weight is 263 g/mol. The van der Waals surface area contributed by atoms with Crippen molar-refractivity contribution in [2.75, 3.05) is 6.26 Å². The summed E-state index contributed by atoms with van der Waals surface area (Å²) in [6, 6.07) is 7.70. The van der Waals surface area contributed by atoms with Gasteiger partial charge in [-0.2, -0.15) is 0 Å². The number of aromatic carboxylic acids is 1. The van der Waals surface area contributed by atoms with Crippen molar-refractivity contribution >= 4 is 17.7 Å². The van der Waals surface area contributed by atoms with Crippen LogP contribution in [0.1, 0.15) is 17.4 Å². The van der Waals surface area contributed by atoms with Gasteiger partial charge in [-0.3, -0.25) is 0 Å². The molecule has 0 bridgehead atoms. The Hall–Kier alpha value is -1.82. The normalized spacial score (nSPS) is 10.6. The maximum Gasteiger partial charge on any atom is 0.358 e. The van der Waals surface area contributed by atoms with Crippen molar-refractivity contribution in [2.24, 2.45) is 0 Å². The highest BCUT2D eigenvalue weighted by Gasteiger charge is 2.19. The summed E-state index contributed by atoms with van der Waals surface area (Å²) in [5.74, 6) is -1.06. The largest absolute Gasteiger partial charge is 0.476 e. The van der Waals surface area contributed by atoms with Crippen molar-refractivity contribution in [2.45, 2.75) is 18.4 Å². The number of nitrogens with zero attached hydrogens (tertiary/aromatic N) is 3. The molecule has 0 atom stereocenters. The molecule has 1 heterocycles. The smallest absolute Gasteiger partial charge is 0.358 e. The van der Waals surface area contributed by atoms with Gasteiger partial charge >= 0.3 is 5.97 Å². The van der Waals surface area contributed by atoms with Gasteiger partial charge in [0.2, 0.25) is 0 Å². The Morgan fingerprint density at radius 1 is 1.39 bits per heavy atom. The summed E-state index contributed by atoms with van der Waals surface area (Å²) in [5, 5.41) is 16.7. The zero-order valence-corrected chi connectivity index (χ0v) is 10.9. The number of carbonyl (C=O) groups is 1. The van der Waals surface area contributed by atoms with E-state index in [0.29, 0.717) is 12.2 Å². The molecule has 0 aliphatic heterocycles. The van der Waals surface area contributed by atoms with Crippen LogP contribution < -0.4 is 0 Å². The molecular weight excluding hydrogens is 250 g/mol. The predicted molar refractivity (Wildman–Crippen MR) is 69.9 cm³/mol. The summed E-state index contributed by atoms with van der Waals surface area (Å²) in [6.07, 6.45) is 2.00. The SMILES string of the molecule is CCn1nnc(C(=O)O)c1-c1ccc(SC)cc1. The summed E-state index contributed by atoms with van der Waals surface area (Å²) in [6.45, 7) is 2.49. The van der Waals surface area contributed by atoms with Crippen LogP contribution in [0.5, 0.6) is 0 Å². The summed E-state index contributed by atoms with van der Waals surface area (Å²) in [7, 11) is 0. The minimum atomic E-state index is -1.06. The fraction of sp³-hybridized carbons (Fsp3) is 0.250. The van der Waals surface area contributed by atoms with Crippen molar-refractivity contribution < 1.29 is 9.90 Å². The van der Waals surface area contributed by atoms with Crippen LogP contribution in [0.15, 0.2) is 29.2 Å². The first-order valence-corrected chi connectivity index (χ1v) is 6.71. The van der Waals surface area contributed by atoms with Crippen LogP contribution in [0.25, 0.3) is 11.3 Å². The second-order valence-electron chi connectivity index (χ2n) is 3.64. The van der Waals surface area contributed by atoms with Crippen LogP contribution in [0, 0.1) is 0 Å². The third-order valence-corrected chi connectivity index (χ3v) is 3.34. The number of hydrogen-bond donors (Lipinski definition) is 1. The van der Waals surface area contributed by atoms with E-state index in [-0.39, 0.29) is 5.69 Å². The maximum absolute atomic E-state index is 11.1. The van der Waals surface area contributed by atoms with Crippen molar-refractivity contribution in [3.8, 4) is 11.3 Å². The van der Waals surface area contributed by atoms with Gasteiger partial charge in [0.05, 0.1) is 0 Å². The van der Waals surface area contributed by atoms with E-state index in [9.17, 15) is 4.79 Å². The molecule has 1 N–H and O–H groups in total. The number of benzene rings is 1. The molecule has 2 rings (SSSR count). The fourth-order valence-electron chi connectivity index (χ4n) is 1.71. The van der Waals surface area contributed by atoms with Crippen LogP contribution in [-0.2, 0) is 6.54 Å². The van der Waals surface area contributed by atoms with Gasteiger partial charge in [0, 0.05) is 17.0 Å². The lowest BCUT2D eigenvalue weighted by atomic mass is 10.1. The number of carboxylic acids is 1. The molecule has 0 radical (unpaired) electrons. The highest BCUT2D eigenvalue weighted by Crippen LogP contribution is 2.25. The Morgan fingerprint density at radius 3 is 2.56 bits per heavy atom. The lowest BCUT2D eigenvalue weighted by Gasteiger charge is -2.05. The summed E-state index contributed by atoms with van der Waals surface area (Å²) < 4.78 is 1.59. The number of hydrogen-bond acceptors (Lipinski definition) is 4. The second kappa shape index (κ2) is 5.22. The van der Waals surface area contributed by atoms with Gasteiger partial charge in [-0.25, -0.2) is 9.48 Å². The van der Waals surface area contributed by atoms with E-state index in [1.165, 1.54) is 0 Å². The third-order valence-electron chi connectivity index (χ3n) is 2.60. The first-order chi connectivity index (χ1) is 8.67. The van der Waals surface area contributed by atoms with E-state index in [2.05, 4.69) is 10.3 Å². The predicted octanol–water partition coefficient (Wildman–Crippen LogP) is 2.39. The lowest BCUT2D eigenvalue weighted by molar-refractivity contribution is 0.0691. The molecule has 0 saturated heterocycles. The molecule has 0 aliphatic rings. The van der Waals surface area contributed by atoms with Crippen LogP contribution in [0.2, 0.25) is 0 Å². The Kier molecular flexibility index (Phi) is 3.66. The minimum absolute atomic E-state index is 0.00579. The average Bonchev–Trinajstić information content (AvgIpc) is 2.82. The van der Waals surface area contributed by atoms with Gasteiger partial charge < -0.3 is 5.11 Å². The molecule has 18 heavy (non-hydrogen) atoms. The molecule has 1 aromatic heterocycles. The first kappa shape index (κ1) is 12.6. The monoisotopic (exact) mass is 263 g/mol. The Balaban J connectivity index is 2.53. The topological polar surface area (TPSA) is 68.0 Å². The van der Waals surface area contributed by atoms with Crippen molar-refractivity contribution in [3.63, 3.8) is 0 Å². The molecule has 0 amide bonds. The highest BCUT2D eigenvalue weighted by atomic mass is 32.2. The number of aromatic nitrogens is 3. The number of carboxylic acid groups (broad SMARTS) is 1. The summed E-state index contributed by atoms with van der Waals surface area (Å²) >= 11 is 1.64. The molecule has 0 spiro atoms. The summed E-state index contributed by atoms with van der Waals surface area (Å²) in [5.41, 5.74) is 1.36. The quantitative estimate of drug-likeness (QED) is 0.858. The maximum atomic E-state index is 11.1. The highest BCUT2D eigenvalue weighted by molar-refractivity contribution is 7.98. The fourth-order valence-corrected chi connectivity index (χ4v) is 2.12. The third kappa shape index (κ3) is 2.24. The Morgan fingerprint density at radius 2 is 2.06 bits per heavy atom. The zero-order valence-electron chi connectivity index (χ0n) is 10.1. The van der Waals surface area contributed by atoms with Crippen molar-refractivity contribution in [3.05, 3.63) is 30.0 Å². The molecule has 0 aliphatic carbocycles. The Labute approximate surface area is 109 Å². The molecule has 1 aromatic carbocycles. The molecular formula is C12H13N3O2S. The number of aryl methyl sites for hydroxylation is 1. The van der Waals surface area contributed by atoms with Gasteiger partial charge in [0.1, 0.15) is 5.69 Å². The van der Waals surface area contributed by atoms with E-state index >= 15 is 0 Å². The molecule has 0 fully saturated rings. The summed E-state index contributed by atoms with van der Waals surface area (Å²) in [4.78, 5) is 12.3. The van der Waals surface area contributed by atoms with E-state index in [0.717, 1.165) is 10.5 Å². The van der Waals surface area contributed by atoms with Crippen LogP contribution in [0.3, 0.4) is 0 Å². The second-order valence-corrected chi connectivity index (χ2v) is 4.52. The van der Waals surface area contributed by atoms with E-state index in [1.807, 2.05) is 37.4 Å². The zero-order chi connectivity index (χ0) is 13.1. The molecule has 0 unspecified atom stereocenters. The van der Waals surface area contributed by atoms with Crippen molar-refractivity contribution in [1.82, 2.24) is 15.0 Å².